The summed E-state index contributed by atoms with van der Waals surface area (Å²) < 4.78 is 20.7. The van der Waals surface area contributed by atoms with Gasteiger partial charge in [-0.25, -0.2) is 4.79 Å². The van der Waals surface area contributed by atoms with Crippen molar-refractivity contribution in [3.05, 3.63) is 12.2 Å². The predicted molar refractivity (Wildman–Crippen MR) is 68.7 cm³/mol. The Morgan fingerprint density at radius 3 is 2.70 bits per heavy atom. The van der Waals surface area contributed by atoms with Gasteiger partial charge in [-0.15, -0.1) is 0 Å². The van der Waals surface area contributed by atoms with Crippen LogP contribution in [0.3, 0.4) is 0 Å². The smallest absolute Gasteiger partial charge is 0.346 e. The second kappa shape index (κ2) is 6.85. The van der Waals surface area contributed by atoms with E-state index in [2.05, 4.69) is 0 Å². The Hall–Kier alpha value is -1.40. The molecule has 1 fully saturated rings. The van der Waals surface area contributed by atoms with Gasteiger partial charge in [-0.2, -0.15) is 0 Å². The first kappa shape index (κ1) is 15.0. The molecule has 4 atom stereocenters. The summed E-state index contributed by atoms with van der Waals surface area (Å²) in [4.78, 5) is 23.4. The zero-order valence-corrected chi connectivity index (χ0v) is 11.7. The van der Waals surface area contributed by atoms with Gasteiger partial charge in [0.25, 0.3) is 0 Å². The topological polar surface area (TPSA) is 71.1 Å². The summed E-state index contributed by atoms with van der Waals surface area (Å²) in [6.07, 6.45) is 4.18. The van der Waals surface area contributed by atoms with Crippen LogP contribution >= 0.6 is 0 Å². The lowest BCUT2D eigenvalue weighted by Crippen LogP contribution is -2.29. The first-order chi connectivity index (χ1) is 9.63. The number of hydrogen-bond donors (Lipinski definition) is 0. The highest BCUT2D eigenvalue weighted by Gasteiger charge is 2.42. The van der Waals surface area contributed by atoms with Crippen molar-refractivity contribution in [3.63, 3.8) is 0 Å². The molecule has 0 radical (unpaired) electrons. The Kier molecular flexibility index (Phi) is 5.14. The number of fused-ring (bicyclic) bond motifs is 2. The summed E-state index contributed by atoms with van der Waals surface area (Å²) in [7, 11) is 0. The van der Waals surface area contributed by atoms with Crippen LogP contribution in [-0.4, -0.2) is 43.7 Å². The fourth-order valence-corrected chi connectivity index (χ4v) is 2.34. The van der Waals surface area contributed by atoms with Gasteiger partial charge in [0.1, 0.15) is 0 Å². The van der Waals surface area contributed by atoms with Gasteiger partial charge in [-0.1, -0.05) is 19.1 Å². The van der Waals surface area contributed by atoms with E-state index < -0.39 is 18.2 Å². The summed E-state index contributed by atoms with van der Waals surface area (Å²) >= 11 is 0. The lowest BCUT2D eigenvalue weighted by molar-refractivity contribution is -0.186. The number of hydrogen-bond acceptors (Lipinski definition) is 6. The molecule has 0 saturated carbocycles. The van der Waals surface area contributed by atoms with E-state index in [9.17, 15) is 9.59 Å². The first-order valence-corrected chi connectivity index (χ1v) is 6.95. The third-order valence-corrected chi connectivity index (χ3v) is 3.31. The molecule has 0 N–H and O–H groups in total. The molecule has 20 heavy (non-hydrogen) atoms. The van der Waals surface area contributed by atoms with Crippen LogP contribution in [0.15, 0.2) is 12.2 Å². The highest BCUT2D eigenvalue weighted by Crippen LogP contribution is 2.34. The third kappa shape index (κ3) is 3.58. The van der Waals surface area contributed by atoms with Crippen molar-refractivity contribution in [1.29, 1.82) is 0 Å². The first-order valence-electron chi connectivity index (χ1n) is 6.95. The molecule has 2 heterocycles. The summed E-state index contributed by atoms with van der Waals surface area (Å²) in [6.45, 7) is 3.73. The van der Waals surface area contributed by atoms with Gasteiger partial charge in [0, 0.05) is 13.0 Å². The van der Waals surface area contributed by atoms with Crippen LogP contribution in [0.4, 0.5) is 0 Å². The summed E-state index contributed by atoms with van der Waals surface area (Å²) in [5.41, 5.74) is 0. The van der Waals surface area contributed by atoms with Crippen LogP contribution in [0, 0.1) is 5.92 Å². The van der Waals surface area contributed by atoms with E-state index >= 15 is 0 Å². The molecule has 1 saturated heterocycles. The molecule has 2 aliphatic heterocycles. The number of esters is 2. The van der Waals surface area contributed by atoms with Crippen molar-refractivity contribution >= 4 is 11.9 Å². The molecular formula is C14H20O6. The quantitative estimate of drug-likeness (QED) is 0.397. The molecule has 112 valence electrons. The Labute approximate surface area is 118 Å². The van der Waals surface area contributed by atoms with Crippen LogP contribution in [0.2, 0.25) is 0 Å². The maximum absolute atomic E-state index is 11.8. The van der Waals surface area contributed by atoms with E-state index in [0.29, 0.717) is 19.4 Å². The van der Waals surface area contributed by atoms with E-state index in [1.165, 1.54) is 0 Å². The molecule has 2 bridgehead atoms. The van der Waals surface area contributed by atoms with Crippen LogP contribution in [0.1, 0.15) is 26.7 Å². The molecule has 4 unspecified atom stereocenters. The van der Waals surface area contributed by atoms with E-state index in [-0.39, 0.29) is 24.7 Å². The molecule has 2 rings (SSSR count). The molecule has 6 nitrogen and oxygen atoms in total. The predicted octanol–water partition coefficient (Wildman–Crippen LogP) is 1.19. The standard InChI is InChI=1S/C14H20O6/c1-3-13(17-4-2)20-12(15)8-18-14(16)10-7-9-5-6-11(10)19-9/h5-6,9-11,13H,3-4,7-8H2,1-2H3. The number of ether oxygens (including phenoxy) is 4. The molecule has 6 heteroatoms. The second-order valence-corrected chi connectivity index (χ2v) is 4.76. The number of carbonyl (C=O) groups excluding carboxylic acids is 2. The van der Waals surface area contributed by atoms with Gasteiger partial charge in [0.2, 0.25) is 6.29 Å². The fourth-order valence-electron chi connectivity index (χ4n) is 2.34. The lowest BCUT2D eigenvalue weighted by Gasteiger charge is -2.17. The molecule has 0 aromatic heterocycles. The van der Waals surface area contributed by atoms with Crippen molar-refractivity contribution in [1.82, 2.24) is 0 Å². The Balaban J connectivity index is 1.70. The maximum Gasteiger partial charge on any atom is 0.346 e. The van der Waals surface area contributed by atoms with Crippen LogP contribution < -0.4 is 0 Å². The fraction of sp³-hybridized carbons (Fsp3) is 0.714. The lowest BCUT2D eigenvalue weighted by atomic mass is 9.95. The van der Waals surface area contributed by atoms with Crippen molar-refractivity contribution in [3.8, 4) is 0 Å². The van der Waals surface area contributed by atoms with Gasteiger partial charge in [-0.05, 0) is 13.3 Å². The molecule has 0 amide bonds. The summed E-state index contributed by atoms with van der Waals surface area (Å²) in [6, 6.07) is 0. The third-order valence-electron chi connectivity index (χ3n) is 3.31. The van der Waals surface area contributed by atoms with Gasteiger partial charge in [0.05, 0.1) is 18.1 Å². The van der Waals surface area contributed by atoms with Crippen molar-refractivity contribution in [2.75, 3.05) is 13.2 Å². The van der Waals surface area contributed by atoms with Gasteiger partial charge in [0.15, 0.2) is 6.61 Å². The summed E-state index contributed by atoms with van der Waals surface area (Å²) in [5, 5.41) is 0. The monoisotopic (exact) mass is 284 g/mol. The molecule has 0 aromatic rings. The minimum absolute atomic E-state index is 0.00641. The van der Waals surface area contributed by atoms with Crippen LogP contribution in [-0.2, 0) is 28.5 Å². The Bertz CT molecular complexity index is 391. The van der Waals surface area contributed by atoms with Crippen molar-refractivity contribution in [2.45, 2.75) is 45.2 Å². The molecular weight excluding hydrogens is 264 g/mol. The SMILES string of the molecule is CCOC(CC)OC(=O)COC(=O)C1CC2C=CC1O2. The number of carbonyl (C=O) groups is 2. The van der Waals surface area contributed by atoms with Gasteiger partial charge >= 0.3 is 11.9 Å². The largest absolute Gasteiger partial charge is 0.453 e. The zero-order valence-electron chi connectivity index (χ0n) is 11.7. The minimum Gasteiger partial charge on any atom is -0.453 e. The normalized spacial score (nSPS) is 28.4. The number of rotatable bonds is 7. The zero-order chi connectivity index (χ0) is 14.5. The molecule has 0 spiro atoms. The summed E-state index contributed by atoms with van der Waals surface area (Å²) in [5.74, 6) is -1.33. The molecule has 2 aliphatic rings. The van der Waals surface area contributed by atoms with Crippen molar-refractivity contribution in [2.24, 2.45) is 5.92 Å². The van der Waals surface area contributed by atoms with E-state index in [1.807, 2.05) is 26.0 Å². The van der Waals surface area contributed by atoms with Gasteiger partial charge in [-0.3, -0.25) is 4.79 Å². The Morgan fingerprint density at radius 1 is 1.35 bits per heavy atom. The Morgan fingerprint density at radius 2 is 2.15 bits per heavy atom. The average molecular weight is 284 g/mol. The van der Waals surface area contributed by atoms with Crippen LogP contribution in [0.25, 0.3) is 0 Å². The second-order valence-electron chi connectivity index (χ2n) is 4.76. The highest BCUT2D eigenvalue weighted by atomic mass is 16.7. The van der Waals surface area contributed by atoms with E-state index in [4.69, 9.17) is 18.9 Å². The van der Waals surface area contributed by atoms with Crippen molar-refractivity contribution < 1.29 is 28.5 Å². The van der Waals surface area contributed by atoms with E-state index in [1.54, 1.807) is 0 Å². The van der Waals surface area contributed by atoms with Crippen LogP contribution in [0.5, 0.6) is 0 Å². The highest BCUT2D eigenvalue weighted by molar-refractivity contribution is 5.78. The maximum atomic E-state index is 11.8. The molecule has 0 aliphatic carbocycles. The molecule has 0 aromatic carbocycles. The minimum atomic E-state index is -0.599. The van der Waals surface area contributed by atoms with E-state index in [0.717, 1.165) is 0 Å². The average Bonchev–Trinajstić information content (AvgIpc) is 3.06. The van der Waals surface area contributed by atoms with Gasteiger partial charge < -0.3 is 18.9 Å².